The molecule has 128 valence electrons. The van der Waals surface area contributed by atoms with E-state index in [1.54, 1.807) is 23.7 Å². The molecule has 0 atom stereocenters. The van der Waals surface area contributed by atoms with E-state index in [-0.39, 0.29) is 5.91 Å². The summed E-state index contributed by atoms with van der Waals surface area (Å²) >= 11 is 7.73. The van der Waals surface area contributed by atoms with Gasteiger partial charge in [-0.2, -0.15) is 5.10 Å². The minimum absolute atomic E-state index is 0.0330. The molecule has 0 radical (unpaired) electrons. The van der Waals surface area contributed by atoms with E-state index in [4.69, 9.17) is 11.6 Å². The summed E-state index contributed by atoms with van der Waals surface area (Å²) < 4.78 is 0. The third kappa shape index (κ3) is 4.61. The molecule has 0 bridgehead atoms. The summed E-state index contributed by atoms with van der Waals surface area (Å²) in [6, 6.07) is 15.2. The second-order valence-electron chi connectivity index (χ2n) is 5.53. The van der Waals surface area contributed by atoms with E-state index >= 15 is 0 Å². The number of H-pyrrole nitrogens is 1. The maximum absolute atomic E-state index is 12.6. The van der Waals surface area contributed by atoms with E-state index < -0.39 is 0 Å². The van der Waals surface area contributed by atoms with Gasteiger partial charge in [0.2, 0.25) is 0 Å². The van der Waals surface area contributed by atoms with Gasteiger partial charge in [-0.3, -0.25) is 9.89 Å². The summed E-state index contributed by atoms with van der Waals surface area (Å²) in [6.07, 6.45) is 1.49. The van der Waals surface area contributed by atoms with Crippen molar-refractivity contribution in [2.45, 2.75) is 17.5 Å². The molecule has 1 heterocycles. The molecule has 0 spiro atoms. The molecule has 3 aromatic rings. The van der Waals surface area contributed by atoms with Crippen molar-refractivity contribution in [3.05, 3.63) is 76.6 Å². The van der Waals surface area contributed by atoms with Gasteiger partial charge in [-0.25, -0.2) is 4.98 Å². The number of rotatable bonds is 6. The van der Waals surface area contributed by atoms with Crippen LogP contribution >= 0.6 is 23.4 Å². The summed E-state index contributed by atoms with van der Waals surface area (Å²) in [5.74, 6) is 0.730. The topological polar surface area (TPSA) is 61.9 Å². The molecule has 5 nitrogen and oxygen atoms in total. The van der Waals surface area contributed by atoms with Gasteiger partial charge in [0.15, 0.2) is 5.16 Å². The van der Waals surface area contributed by atoms with Gasteiger partial charge < -0.3 is 4.90 Å². The zero-order chi connectivity index (χ0) is 17.6. The number of hydrogen-bond acceptors (Lipinski definition) is 4. The summed E-state index contributed by atoms with van der Waals surface area (Å²) in [4.78, 5) is 18.3. The van der Waals surface area contributed by atoms with Crippen molar-refractivity contribution in [1.82, 2.24) is 20.1 Å². The van der Waals surface area contributed by atoms with E-state index in [0.29, 0.717) is 17.1 Å². The van der Waals surface area contributed by atoms with E-state index in [1.807, 2.05) is 48.5 Å². The van der Waals surface area contributed by atoms with Crippen LogP contribution in [-0.4, -0.2) is 33.0 Å². The van der Waals surface area contributed by atoms with E-state index in [2.05, 4.69) is 15.2 Å². The average Bonchev–Trinajstić information content (AvgIpc) is 3.15. The first-order valence-corrected chi connectivity index (χ1v) is 9.06. The maximum atomic E-state index is 12.6. The number of carbonyl (C=O) groups excluding carboxylic acids is 1. The third-order valence-corrected chi connectivity index (χ3v) is 5.00. The quantitative estimate of drug-likeness (QED) is 0.664. The van der Waals surface area contributed by atoms with Crippen molar-refractivity contribution in [3.63, 3.8) is 0 Å². The highest BCUT2D eigenvalue weighted by Crippen LogP contribution is 2.20. The number of thioether (sulfide) groups is 1. The zero-order valence-electron chi connectivity index (χ0n) is 13.6. The number of amides is 1. The number of nitrogens with one attached hydrogen (secondary N) is 1. The van der Waals surface area contributed by atoms with Crippen molar-refractivity contribution in [2.75, 3.05) is 7.05 Å². The lowest BCUT2D eigenvalue weighted by molar-refractivity contribution is 0.0785. The molecule has 0 saturated carbocycles. The molecule has 2 aromatic carbocycles. The number of benzene rings is 2. The summed E-state index contributed by atoms with van der Waals surface area (Å²) in [5.41, 5.74) is 2.70. The van der Waals surface area contributed by atoms with Crippen molar-refractivity contribution in [2.24, 2.45) is 0 Å². The predicted octanol–water partition coefficient (Wildman–Crippen LogP) is 4.02. The van der Waals surface area contributed by atoms with E-state index in [9.17, 15) is 4.79 Å². The first kappa shape index (κ1) is 17.5. The van der Waals surface area contributed by atoms with Crippen LogP contribution < -0.4 is 0 Å². The van der Waals surface area contributed by atoms with Crippen LogP contribution in [0.2, 0.25) is 5.02 Å². The fraction of sp³-hybridized carbons (Fsp3) is 0.167. The predicted molar refractivity (Wildman–Crippen MR) is 99.6 cm³/mol. The SMILES string of the molecule is CN(Cc1ccccc1Cl)C(=O)c1ccc(CSc2ncn[nH]2)cc1. The molecule has 3 rings (SSSR count). The monoisotopic (exact) mass is 372 g/mol. The van der Waals surface area contributed by atoms with Crippen LogP contribution in [0.4, 0.5) is 0 Å². The fourth-order valence-electron chi connectivity index (χ4n) is 2.33. The zero-order valence-corrected chi connectivity index (χ0v) is 15.2. The van der Waals surface area contributed by atoms with Crippen LogP contribution in [0.1, 0.15) is 21.5 Å². The molecule has 1 N–H and O–H groups in total. The largest absolute Gasteiger partial charge is 0.337 e. The van der Waals surface area contributed by atoms with Crippen LogP contribution in [0.25, 0.3) is 0 Å². The van der Waals surface area contributed by atoms with Gasteiger partial charge in [-0.1, -0.05) is 53.7 Å². The van der Waals surface area contributed by atoms with Crippen LogP contribution in [0.15, 0.2) is 60.0 Å². The van der Waals surface area contributed by atoms with E-state index in [0.717, 1.165) is 22.0 Å². The molecule has 1 amide bonds. The van der Waals surface area contributed by atoms with Gasteiger partial charge in [0.25, 0.3) is 5.91 Å². The van der Waals surface area contributed by atoms with Gasteiger partial charge in [0, 0.05) is 29.9 Å². The minimum Gasteiger partial charge on any atom is -0.337 e. The lowest BCUT2D eigenvalue weighted by atomic mass is 10.1. The number of halogens is 1. The Morgan fingerprint density at radius 2 is 1.96 bits per heavy atom. The minimum atomic E-state index is -0.0330. The molecule has 0 saturated heterocycles. The third-order valence-electron chi connectivity index (χ3n) is 3.68. The smallest absolute Gasteiger partial charge is 0.253 e. The molecule has 0 fully saturated rings. The second kappa shape index (κ2) is 8.18. The number of aromatic nitrogens is 3. The fourth-order valence-corrected chi connectivity index (χ4v) is 3.26. The maximum Gasteiger partial charge on any atom is 0.253 e. The average molecular weight is 373 g/mol. The Morgan fingerprint density at radius 1 is 1.20 bits per heavy atom. The van der Waals surface area contributed by atoms with Gasteiger partial charge in [0.05, 0.1) is 0 Å². The number of nitrogens with zero attached hydrogens (tertiary/aromatic N) is 3. The van der Waals surface area contributed by atoms with Crippen molar-refractivity contribution in [1.29, 1.82) is 0 Å². The first-order chi connectivity index (χ1) is 12.1. The van der Waals surface area contributed by atoms with Crippen LogP contribution in [-0.2, 0) is 12.3 Å². The summed E-state index contributed by atoms with van der Waals surface area (Å²) in [7, 11) is 1.78. The summed E-state index contributed by atoms with van der Waals surface area (Å²) in [5, 5.41) is 8.07. The Morgan fingerprint density at radius 3 is 2.64 bits per heavy atom. The van der Waals surface area contributed by atoms with E-state index in [1.165, 1.54) is 6.33 Å². The molecule has 0 unspecified atom stereocenters. The molecular formula is C18H17ClN4OS. The molecule has 0 aliphatic rings. The highest BCUT2D eigenvalue weighted by Gasteiger charge is 2.13. The van der Waals surface area contributed by atoms with Crippen LogP contribution in [0.3, 0.4) is 0 Å². The first-order valence-electron chi connectivity index (χ1n) is 7.69. The highest BCUT2D eigenvalue weighted by atomic mass is 35.5. The molecule has 7 heteroatoms. The number of hydrogen-bond donors (Lipinski definition) is 1. The number of aromatic amines is 1. The Hall–Kier alpha value is -2.31. The molecular weight excluding hydrogens is 356 g/mol. The summed E-state index contributed by atoms with van der Waals surface area (Å²) in [6.45, 7) is 0.474. The standard InChI is InChI=1S/C18H17ClN4OS/c1-23(10-15-4-2-3-5-16(15)19)17(24)14-8-6-13(7-9-14)11-25-18-20-12-21-22-18/h2-9,12H,10-11H2,1H3,(H,20,21,22). The van der Waals surface area contributed by atoms with Crippen LogP contribution in [0, 0.1) is 0 Å². The van der Waals surface area contributed by atoms with Crippen LogP contribution in [0.5, 0.6) is 0 Å². The number of carbonyl (C=O) groups is 1. The molecule has 25 heavy (non-hydrogen) atoms. The van der Waals surface area contributed by atoms with Gasteiger partial charge >= 0.3 is 0 Å². The van der Waals surface area contributed by atoms with Gasteiger partial charge in [0.1, 0.15) is 6.33 Å². The second-order valence-corrected chi connectivity index (χ2v) is 6.90. The molecule has 0 aliphatic heterocycles. The normalized spacial score (nSPS) is 10.6. The van der Waals surface area contributed by atoms with Crippen molar-refractivity contribution in [3.8, 4) is 0 Å². The molecule has 0 aliphatic carbocycles. The van der Waals surface area contributed by atoms with Gasteiger partial charge in [-0.15, -0.1) is 0 Å². The van der Waals surface area contributed by atoms with Crippen molar-refractivity contribution >= 4 is 29.3 Å². The molecule has 1 aromatic heterocycles. The Labute approximate surface area is 155 Å². The van der Waals surface area contributed by atoms with Gasteiger partial charge in [-0.05, 0) is 29.3 Å². The Balaban J connectivity index is 1.61. The highest BCUT2D eigenvalue weighted by molar-refractivity contribution is 7.98. The Bertz CT molecular complexity index is 837. The Kier molecular flexibility index (Phi) is 5.73. The van der Waals surface area contributed by atoms with Crippen molar-refractivity contribution < 1.29 is 4.79 Å². The lowest BCUT2D eigenvalue weighted by Crippen LogP contribution is -2.26. The lowest BCUT2D eigenvalue weighted by Gasteiger charge is -2.18.